The number of hydrogen-bond acceptors (Lipinski definition) is 35. The molecule has 2 fully saturated rings. The maximum atomic E-state index is 11.7. The van der Waals surface area contributed by atoms with Gasteiger partial charge in [-0.15, -0.1) is 0 Å². The molecule has 63 heavy (non-hydrogen) atoms. The monoisotopic (exact) mass is 1290 g/mol. The van der Waals surface area contributed by atoms with Gasteiger partial charge in [0, 0.05) is 0 Å². The van der Waals surface area contributed by atoms with Crippen LogP contribution in [0.25, 0.3) is 0 Å². The summed E-state index contributed by atoms with van der Waals surface area (Å²) in [6.07, 6.45) is -27.5. The van der Waals surface area contributed by atoms with Crippen molar-refractivity contribution in [3.8, 4) is 0 Å². The number of ether oxygens (including phenoxy) is 3. The zero-order valence-electron chi connectivity index (χ0n) is 32.8. The third-order valence-electron chi connectivity index (χ3n) is 5.65. The van der Waals surface area contributed by atoms with E-state index in [0.29, 0.717) is 0 Å². The van der Waals surface area contributed by atoms with E-state index < -0.39 is 158 Å². The molecule has 2 heterocycles. The first kappa shape index (κ1) is 88.8. The van der Waals surface area contributed by atoms with E-state index in [9.17, 15) is 104 Å². The average Bonchev–Trinajstić information content (AvgIpc) is 3.15. The average molecular weight is 1290 g/mol. The van der Waals surface area contributed by atoms with E-state index in [1.165, 1.54) is 0 Å². The van der Waals surface area contributed by atoms with Crippen LogP contribution in [0.15, 0.2) is 0 Å². The van der Waals surface area contributed by atoms with Crippen molar-refractivity contribution in [3.63, 3.8) is 0 Å². The molecule has 0 aliphatic carbocycles. The molecule has 0 amide bonds. The Bertz CT molecular complexity index is 2310. The van der Waals surface area contributed by atoms with E-state index >= 15 is 0 Å². The summed E-state index contributed by atoms with van der Waals surface area (Å²) in [7, 11) is -50.8. The molecule has 0 spiro atoms. The first-order chi connectivity index (χ1) is 24.2. The Labute approximate surface area is 699 Å². The van der Waals surface area contributed by atoms with Crippen LogP contribution in [0.2, 0.25) is 0 Å². The Hall–Kier alpha value is 11.9. The maximum Gasteiger partial charge on any atom is 1.00 e. The fraction of sp³-hybridized carbons (Fsp3) is 1.00. The largest absolute Gasteiger partial charge is 1.00 e. The second-order valence-electron chi connectivity index (χ2n) is 9.49. The van der Waals surface area contributed by atoms with E-state index in [-0.39, 0.29) is 411 Å². The SMILES string of the molecule is O=S(=O)([O-])OC[C@H]1O[C@@](COS(=O)(=O)[O-])(O[C@H]2O[C@H](COS(=O)(=O)[O-])[C@@H](OS(=O)(=O)[O-])[C@H](OS(=O)(=O)[O-])[C@H]2OS(=O)(=O)[O-])[C@@H](OS(=O)(=O)[O-])[C@@H]1OS(=O)(=O)[O-].[K+].[K+].[K+].[K+].[K+].[K+].[K+].[K+]. The minimum absolute atomic E-state index is 0. The van der Waals surface area contributed by atoms with Crippen molar-refractivity contribution in [3.05, 3.63) is 0 Å². The van der Waals surface area contributed by atoms with Gasteiger partial charge in [0.05, 0.1) is 13.2 Å². The van der Waals surface area contributed by atoms with E-state index in [1.807, 2.05) is 0 Å². The fourth-order valence-electron chi connectivity index (χ4n) is 4.21. The van der Waals surface area contributed by atoms with Crippen molar-refractivity contribution >= 4 is 83.2 Å². The van der Waals surface area contributed by atoms with Gasteiger partial charge < -0.3 is 50.6 Å². The first-order valence-electron chi connectivity index (χ1n) is 12.2. The molecule has 0 unspecified atom stereocenters. The molecule has 2 saturated heterocycles. The molecule has 35 nitrogen and oxygen atoms in total. The molecule has 328 valence electrons. The van der Waals surface area contributed by atoms with Gasteiger partial charge in [0.25, 0.3) is 0 Å². The fourth-order valence-corrected chi connectivity index (χ4v) is 7.60. The van der Waals surface area contributed by atoms with Crippen LogP contribution in [0.4, 0.5) is 0 Å². The minimum atomic E-state index is -6.58. The summed E-state index contributed by atoms with van der Waals surface area (Å²) >= 11 is 0. The molecular weight excluding hydrogens is 1270 g/mol. The van der Waals surface area contributed by atoms with Crippen molar-refractivity contribution in [2.75, 3.05) is 19.8 Å². The van der Waals surface area contributed by atoms with Crippen LogP contribution < -0.4 is 411 Å². The van der Waals surface area contributed by atoms with Crippen molar-refractivity contribution in [1.82, 2.24) is 0 Å². The van der Waals surface area contributed by atoms with Gasteiger partial charge in [0.15, 0.2) is 18.5 Å². The second-order valence-corrected chi connectivity index (χ2v) is 17.7. The third kappa shape index (κ3) is 38.3. The molecule has 0 bridgehead atoms. The Morgan fingerprint density at radius 2 is 0.698 bits per heavy atom. The zero-order chi connectivity index (χ0) is 43.0. The standard InChI is InChI=1S/C12H22O35S8.8K/c13-48(14,15)37-1-4-6(43-51(22,23)24)8(45-53(28,29)30)9(46-54(31,32)33)11(40-4)42-12(3-39-50(19,20)21)10(47-55(34,35)36)7(44-52(25,26)27)5(41-12)2-38-49(16,17)18;;;;;;;;/h4-11H,1-3H2,(H,13,14,15)(H,16,17,18)(H,19,20,21)(H,22,23,24)(H,25,26,27)(H,28,29,30)(H,31,32,33)(H,34,35,36);;;;;;;;/q;8*+1/p-8/t4-,5-,6-,7-,8+,9-,10+,11-,12+;;;;;;;;/m1......../s1. The van der Waals surface area contributed by atoms with Crippen LogP contribution in [-0.2, 0) is 131 Å². The van der Waals surface area contributed by atoms with Crippen LogP contribution in [0.3, 0.4) is 0 Å². The minimum Gasteiger partial charge on any atom is -0.726 e. The molecule has 0 N–H and O–H groups in total. The predicted molar refractivity (Wildman–Crippen MR) is 137 cm³/mol. The summed E-state index contributed by atoms with van der Waals surface area (Å²) < 4.78 is 320. The Morgan fingerprint density at radius 3 is 1.05 bits per heavy atom. The predicted octanol–water partition coefficient (Wildman–Crippen LogP) is -33.5. The molecule has 9 atom stereocenters. The zero-order valence-corrected chi connectivity index (χ0v) is 64.3. The van der Waals surface area contributed by atoms with Crippen molar-refractivity contribution in [1.29, 1.82) is 0 Å². The van der Waals surface area contributed by atoms with Crippen LogP contribution in [0, 0.1) is 0 Å². The summed E-state index contributed by atoms with van der Waals surface area (Å²) in [6, 6.07) is 0. The molecule has 2 rings (SSSR count). The molecule has 2 aliphatic rings. The molecule has 51 heteroatoms. The molecular formula is C12H14K8O35S8. The smallest absolute Gasteiger partial charge is 0.726 e. The van der Waals surface area contributed by atoms with Crippen LogP contribution in [-0.4, -0.2) is 178 Å². The Morgan fingerprint density at radius 1 is 0.381 bits per heavy atom. The molecule has 0 radical (unpaired) electrons. The quantitative estimate of drug-likeness (QED) is 0.0585. The molecule has 0 saturated carbocycles. The molecule has 2 aliphatic heterocycles. The Balaban J connectivity index is -0.000000784. The van der Waals surface area contributed by atoms with Crippen LogP contribution in [0.1, 0.15) is 0 Å². The molecule has 0 aromatic heterocycles. The molecule has 0 aromatic carbocycles. The summed E-state index contributed by atoms with van der Waals surface area (Å²) in [4.78, 5) is 0. The summed E-state index contributed by atoms with van der Waals surface area (Å²) in [6.45, 7) is -6.74. The summed E-state index contributed by atoms with van der Waals surface area (Å²) in [5.41, 5.74) is 0. The van der Waals surface area contributed by atoms with Gasteiger partial charge in [0.2, 0.25) is 89.0 Å². The van der Waals surface area contributed by atoms with Gasteiger partial charge in [-0.25, -0.2) is 67.3 Å². The van der Waals surface area contributed by atoms with Crippen molar-refractivity contribution < 1.29 is 563 Å². The topological polar surface area (TPSA) is 559 Å². The van der Waals surface area contributed by atoms with Gasteiger partial charge >= 0.3 is 411 Å². The molecule has 0 aromatic rings. The van der Waals surface area contributed by atoms with Crippen molar-refractivity contribution in [2.45, 2.75) is 54.8 Å². The van der Waals surface area contributed by atoms with Gasteiger partial charge in [-0.1, -0.05) is 0 Å². The van der Waals surface area contributed by atoms with E-state index in [4.69, 9.17) is 14.2 Å². The Kier molecular flexibility index (Phi) is 51.3. The van der Waals surface area contributed by atoms with Crippen LogP contribution >= 0.6 is 0 Å². The summed E-state index contributed by atoms with van der Waals surface area (Å²) in [5.74, 6) is -4.31. The third-order valence-corrected chi connectivity index (χ3v) is 9.18. The summed E-state index contributed by atoms with van der Waals surface area (Å²) in [5, 5.41) is 0. The van der Waals surface area contributed by atoms with Crippen molar-refractivity contribution in [2.24, 2.45) is 0 Å². The number of hydrogen-bond donors (Lipinski definition) is 0. The van der Waals surface area contributed by atoms with E-state index in [0.717, 1.165) is 0 Å². The second kappa shape index (κ2) is 36.4. The maximum absolute atomic E-state index is 11.7. The van der Waals surface area contributed by atoms with Gasteiger partial charge in [-0.05, 0) is 0 Å². The van der Waals surface area contributed by atoms with Gasteiger partial charge in [-0.3, -0.25) is 33.5 Å². The normalized spacial score (nSPS) is 26.8. The van der Waals surface area contributed by atoms with E-state index in [1.54, 1.807) is 0 Å². The van der Waals surface area contributed by atoms with Crippen LogP contribution in [0.5, 0.6) is 0 Å². The van der Waals surface area contributed by atoms with Gasteiger partial charge in [-0.2, -0.15) is 0 Å². The van der Waals surface area contributed by atoms with E-state index in [2.05, 4.69) is 33.5 Å². The first-order valence-corrected chi connectivity index (χ1v) is 22.9. The number of rotatable bonds is 21. The van der Waals surface area contributed by atoms with Gasteiger partial charge in [0.1, 0.15) is 37.1 Å².